The second-order valence-electron chi connectivity index (χ2n) is 4.86. The molecule has 0 aromatic heterocycles. The third-order valence-corrected chi connectivity index (χ3v) is 3.19. The molecule has 3 amide bonds. The van der Waals surface area contributed by atoms with E-state index in [1.165, 1.54) is 19.9 Å². The normalized spacial score (nSPS) is 17.6. The Balaban J connectivity index is 3.19. The smallest absolute Gasteiger partial charge is 0.409 e. The zero-order valence-corrected chi connectivity index (χ0v) is 11.9. The van der Waals surface area contributed by atoms with E-state index in [2.05, 4.69) is 11.9 Å². The molecule has 0 spiro atoms. The van der Waals surface area contributed by atoms with Gasteiger partial charge < -0.3 is 9.84 Å². The first kappa shape index (κ1) is 16.7. The number of carbonyl (C=O) groups is 4. The third kappa shape index (κ3) is 3.04. The molecule has 8 heteroatoms. The number of hydrogen-bond donors (Lipinski definition) is 2. The Labute approximate surface area is 121 Å². The second kappa shape index (κ2) is 6.38. The maximum atomic E-state index is 11.9. The molecule has 0 aromatic carbocycles. The third-order valence-electron chi connectivity index (χ3n) is 3.19. The van der Waals surface area contributed by atoms with Gasteiger partial charge >= 0.3 is 12.1 Å². The molecule has 21 heavy (non-hydrogen) atoms. The van der Waals surface area contributed by atoms with Crippen molar-refractivity contribution in [1.82, 2.24) is 10.2 Å². The highest BCUT2D eigenvalue weighted by molar-refractivity contribution is 6.06. The lowest BCUT2D eigenvalue weighted by molar-refractivity contribution is -0.168. The zero-order valence-electron chi connectivity index (χ0n) is 11.9. The number of carbonyl (C=O) groups excluding carboxylic acids is 3. The molecule has 0 saturated carbocycles. The molecule has 1 aliphatic rings. The van der Waals surface area contributed by atoms with E-state index in [9.17, 15) is 24.3 Å². The number of ether oxygens (including phenoxy) is 1. The molecule has 1 saturated heterocycles. The Morgan fingerprint density at radius 2 is 1.95 bits per heavy atom. The topological polar surface area (TPSA) is 113 Å². The lowest BCUT2D eigenvalue weighted by Crippen LogP contribution is -2.69. The SMILES string of the molecule is C=CCOC(=O)NC(C(=O)O)(C(C)C)N1C(=O)CCC1=O. The molecule has 1 fully saturated rings. The summed E-state index contributed by atoms with van der Waals surface area (Å²) in [6.45, 7) is 6.21. The van der Waals surface area contributed by atoms with E-state index in [-0.39, 0.29) is 19.4 Å². The first-order chi connectivity index (χ1) is 9.77. The van der Waals surface area contributed by atoms with Crippen LogP contribution in [0.1, 0.15) is 26.7 Å². The van der Waals surface area contributed by atoms with Gasteiger partial charge in [-0.1, -0.05) is 26.5 Å². The molecule has 0 bridgehead atoms. The van der Waals surface area contributed by atoms with Crippen LogP contribution in [0.25, 0.3) is 0 Å². The average Bonchev–Trinajstić information content (AvgIpc) is 2.73. The summed E-state index contributed by atoms with van der Waals surface area (Å²) in [5, 5.41) is 11.7. The van der Waals surface area contributed by atoms with Crippen molar-refractivity contribution in [3.05, 3.63) is 12.7 Å². The number of hydrogen-bond acceptors (Lipinski definition) is 5. The second-order valence-corrected chi connectivity index (χ2v) is 4.86. The van der Waals surface area contributed by atoms with Gasteiger partial charge in [0.2, 0.25) is 17.5 Å². The summed E-state index contributed by atoms with van der Waals surface area (Å²) in [6.07, 6.45) is 0.107. The number of carboxylic acid groups (broad SMARTS) is 1. The molecule has 1 atom stereocenters. The summed E-state index contributed by atoms with van der Waals surface area (Å²) in [7, 11) is 0. The van der Waals surface area contributed by atoms with Gasteiger partial charge in [-0.25, -0.2) is 14.5 Å². The van der Waals surface area contributed by atoms with Gasteiger partial charge in [0.15, 0.2) is 0 Å². The molecule has 1 unspecified atom stereocenters. The standard InChI is InChI=1S/C13H18N2O6/c1-4-7-21-12(20)14-13(8(2)3,11(18)19)15-9(16)5-6-10(15)17/h4,8H,1,5-7H2,2-3H3,(H,14,20)(H,18,19). The molecule has 8 nitrogen and oxygen atoms in total. The number of aliphatic carboxylic acids is 1. The molecule has 0 aliphatic carbocycles. The monoisotopic (exact) mass is 298 g/mol. The van der Waals surface area contributed by atoms with Crippen molar-refractivity contribution < 1.29 is 29.0 Å². The van der Waals surface area contributed by atoms with Crippen LogP contribution in [0.3, 0.4) is 0 Å². The van der Waals surface area contributed by atoms with Gasteiger partial charge in [0.1, 0.15) is 6.61 Å². The number of nitrogens with one attached hydrogen (secondary N) is 1. The van der Waals surface area contributed by atoms with Crippen LogP contribution in [0, 0.1) is 5.92 Å². The van der Waals surface area contributed by atoms with E-state index in [4.69, 9.17) is 4.74 Å². The van der Waals surface area contributed by atoms with Crippen molar-refractivity contribution in [3.63, 3.8) is 0 Å². The van der Waals surface area contributed by atoms with Crippen LogP contribution >= 0.6 is 0 Å². The first-order valence-corrected chi connectivity index (χ1v) is 6.42. The van der Waals surface area contributed by atoms with Gasteiger partial charge in [0.25, 0.3) is 0 Å². The fourth-order valence-corrected chi connectivity index (χ4v) is 2.15. The number of rotatable bonds is 6. The Morgan fingerprint density at radius 1 is 1.43 bits per heavy atom. The predicted octanol–water partition coefficient (Wildman–Crippen LogP) is 0.484. The fraction of sp³-hybridized carbons (Fsp3) is 0.538. The molecule has 1 aliphatic heterocycles. The number of amides is 3. The van der Waals surface area contributed by atoms with Gasteiger partial charge in [0, 0.05) is 18.8 Å². The highest BCUT2D eigenvalue weighted by Gasteiger charge is 2.55. The molecular weight excluding hydrogens is 280 g/mol. The predicted molar refractivity (Wildman–Crippen MR) is 71.0 cm³/mol. The van der Waals surface area contributed by atoms with Crippen molar-refractivity contribution in [1.29, 1.82) is 0 Å². The minimum absolute atomic E-state index is 0.0794. The minimum Gasteiger partial charge on any atom is -0.478 e. The van der Waals surface area contributed by atoms with E-state index in [1.54, 1.807) is 0 Å². The number of likely N-dealkylation sites (tertiary alicyclic amines) is 1. The van der Waals surface area contributed by atoms with Crippen molar-refractivity contribution >= 4 is 23.9 Å². The zero-order chi connectivity index (χ0) is 16.2. The fourth-order valence-electron chi connectivity index (χ4n) is 2.15. The van der Waals surface area contributed by atoms with Gasteiger partial charge in [-0.05, 0) is 0 Å². The van der Waals surface area contributed by atoms with Crippen LogP contribution in [0.5, 0.6) is 0 Å². The lowest BCUT2D eigenvalue weighted by atomic mass is 9.94. The van der Waals surface area contributed by atoms with Crippen LogP contribution in [0.4, 0.5) is 4.79 Å². The highest BCUT2D eigenvalue weighted by atomic mass is 16.5. The van der Waals surface area contributed by atoms with Crippen molar-refractivity contribution in [3.8, 4) is 0 Å². The van der Waals surface area contributed by atoms with E-state index >= 15 is 0 Å². The molecular formula is C13H18N2O6. The Kier molecular flexibility index (Phi) is 5.07. The number of imide groups is 1. The van der Waals surface area contributed by atoms with Crippen LogP contribution in [0.2, 0.25) is 0 Å². The maximum absolute atomic E-state index is 11.9. The van der Waals surface area contributed by atoms with Crippen LogP contribution in [-0.2, 0) is 19.1 Å². The summed E-state index contributed by atoms with van der Waals surface area (Å²) in [5.74, 6) is -3.53. The molecule has 0 radical (unpaired) electrons. The van der Waals surface area contributed by atoms with E-state index in [1.807, 2.05) is 0 Å². The number of alkyl carbamates (subject to hydrolysis) is 1. The van der Waals surface area contributed by atoms with E-state index in [0.717, 1.165) is 0 Å². The summed E-state index contributed by atoms with van der Waals surface area (Å²) in [5.41, 5.74) is -2.16. The first-order valence-electron chi connectivity index (χ1n) is 6.42. The van der Waals surface area contributed by atoms with Crippen LogP contribution in [0.15, 0.2) is 12.7 Å². The summed E-state index contributed by atoms with van der Waals surface area (Å²) in [4.78, 5) is 47.8. The van der Waals surface area contributed by atoms with Gasteiger partial charge in [-0.15, -0.1) is 0 Å². The Hall–Kier alpha value is -2.38. The Morgan fingerprint density at radius 3 is 2.33 bits per heavy atom. The van der Waals surface area contributed by atoms with E-state index < -0.39 is 35.5 Å². The number of nitrogens with zero attached hydrogens (tertiary/aromatic N) is 1. The molecule has 116 valence electrons. The average molecular weight is 298 g/mol. The molecule has 1 heterocycles. The van der Waals surface area contributed by atoms with Crippen LogP contribution in [-0.4, -0.2) is 46.2 Å². The lowest BCUT2D eigenvalue weighted by Gasteiger charge is -2.39. The van der Waals surface area contributed by atoms with Gasteiger partial charge in [-0.3, -0.25) is 14.9 Å². The summed E-state index contributed by atoms with van der Waals surface area (Å²) < 4.78 is 4.70. The largest absolute Gasteiger partial charge is 0.478 e. The van der Waals surface area contributed by atoms with Gasteiger partial charge in [0.05, 0.1) is 0 Å². The van der Waals surface area contributed by atoms with Crippen molar-refractivity contribution in [2.24, 2.45) is 5.92 Å². The Bertz CT molecular complexity index is 471. The van der Waals surface area contributed by atoms with Crippen molar-refractivity contribution in [2.75, 3.05) is 6.61 Å². The minimum atomic E-state index is -2.16. The maximum Gasteiger partial charge on any atom is 0.409 e. The highest BCUT2D eigenvalue weighted by Crippen LogP contribution is 2.29. The number of carboxylic acids is 1. The van der Waals surface area contributed by atoms with Crippen molar-refractivity contribution in [2.45, 2.75) is 32.4 Å². The molecule has 1 rings (SSSR count). The summed E-state index contributed by atoms with van der Waals surface area (Å²) >= 11 is 0. The van der Waals surface area contributed by atoms with Gasteiger partial charge in [-0.2, -0.15) is 0 Å². The van der Waals surface area contributed by atoms with E-state index in [0.29, 0.717) is 4.90 Å². The van der Waals surface area contributed by atoms with Crippen LogP contribution < -0.4 is 5.32 Å². The molecule has 2 N–H and O–H groups in total. The quantitative estimate of drug-likeness (QED) is 0.545. The molecule has 0 aromatic rings. The summed E-state index contributed by atoms with van der Waals surface area (Å²) in [6, 6.07) is 0.